The van der Waals surface area contributed by atoms with Crippen LogP contribution in [-0.4, -0.2) is 73.2 Å². The topological polar surface area (TPSA) is 146 Å². The molecule has 1 aromatic heterocycles. The van der Waals surface area contributed by atoms with Gasteiger partial charge in [-0.2, -0.15) is 0 Å². The Morgan fingerprint density at radius 2 is 1.82 bits per heavy atom. The number of carbonyl (C=O) groups excluding carboxylic acids is 2. The van der Waals surface area contributed by atoms with Gasteiger partial charge in [-0.15, -0.1) is 0 Å². The number of nitrogens with zero attached hydrogens (tertiary/aromatic N) is 3. The van der Waals surface area contributed by atoms with Crippen molar-refractivity contribution in [3.63, 3.8) is 0 Å². The minimum atomic E-state index is -3.88. The molecule has 3 heterocycles. The first-order valence-electron chi connectivity index (χ1n) is 12.7. The molecule has 2 amide bonds. The van der Waals surface area contributed by atoms with Crippen LogP contribution in [0.5, 0.6) is 0 Å². The molecule has 0 saturated carbocycles. The zero-order valence-corrected chi connectivity index (χ0v) is 23.2. The summed E-state index contributed by atoms with van der Waals surface area (Å²) in [6.45, 7) is 6.52. The van der Waals surface area contributed by atoms with Gasteiger partial charge in [-0.05, 0) is 56.3 Å². The molecule has 0 aliphatic carbocycles. The average molecular weight is 564 g/mol. The molecule has 0 radical (unpaired) electrons. The highest BCUT2D eigenvalue weighted by Gasteiger charge is 2.29. The number of rotatable bonds is 6. The summed E-state index contributed by atoms with van der Waals surface area (Å²) in [6.07, 6.45) is 1.64. The summed E-state index contributed by atoms with van der Waals surface area (Å²) in [7, 11) is -1.86. The third kappa shape index (κ3) is 5.15. The Bertz CT molecular complexity index is 1680. The number of H-pyrrole nitrogens is 1. The van der Waals surface area contributed by atoms with Crippen LogP contribution >= 0.6 is 0 Å². The first-order chi connectivity index (χ1) is 18.9. The molecule has 0 atom stereocenters. The van der Waals surface area contributed by atoms with E-state index in [0.717, 1.165) is 13.1 Å². The van der Waals surface area contributed by atoms with Gasteiger partial charge >= 0.3 is 0 Å². The van der Waals surface area contributed by atoms with Gasteiger partial charge in [0, 0.05) is 61.0 Å². The summed E-state index contributed by atoms with van der Waals surface area (Å²) in [5.74, 6) is -0.878. The number of nitro benzene ring substituents is 1. The van der Waals surface area contributed by atoms with E-state index >= 15 is 0 Å². The van der Waals surface area contributed by atoms with Crippen LogP contribution in [0.25, 0.3) is 11.6 Å². The van der Waals surface area contributed by atoms with Gasteiger partial charge in [0.25, 0.3) is 17.5 Å². The van der Waals surface area contributed by atoms with E-state index in [9.17, 15) is 28.1 Å². The van der Waals surface area contributed by atoms with Gasteiger partial charge < -0.3 is 20.1 Å². The molecule has 2 aliphatic rings. The van der Waals surface area contributed by atoms with Crippen LogP contribution in [0.1, 0.15) is 38.4 Å². The molecule has 12 heteroatoms. The number of hydrogen-bond acceptors (Lipinski definition) is 7. The molecule has 2 aromatic carbocycles. The number of carbonyl (C=O) groups is 2. The van der Waals surface area contributed by atoms with E-state index in [0.29, 0.717) is 46.9 Å². The molecular weight excluding hydrogens is 534 g/mol. The largest absolute Gasteiger partial charge is 0.358 e. The molecule has 0 unspecified atom stereocenters. The number of likely N-dealkylation sites (N-methyl/N-ethyl adjacent to an activating group) is 1. The normalized spacial score (nSPS) is 16.7. The van der Waals surface area contributed by atoms with E-state index < -0.39 is 20.5 Å². The second-order valence-electron chi connectivity index (χ2n) is 10.2. The van der Waals surface area contributed by atoms with E-state index in [1.54, 1.807) is 6.08 Å². The summed E-state index contributed by atoms with van der Waals surface area (Å²) in [5, 5.41) is 13.9. The fraction of sp³-hybridized carbons (Fsp3) is 0.286. The molecule has 11 nitrogen and oxygen atoms in total. The summed E-state index contributed by atoms with van der Waals surface area (Å²) >= 11 is 0. The number of aryl methyl sites for hydroxylation is 1. The zero-order valence-electron chi connectivity index (χ0n) is 22.4. The number of amides is 2. The van der Waals surface area contributed by atoms with Gasteiger partial charge in [0.1, 0.15) is 0 Å². The van der Waals surface area contributed by atoms with E-state index in [1.807, 2.05) is 25.8 Å². The van der Waals surface area contributed by atoms with Crippen molar-refractivity contribution in [1.29, 1.82) is 0 Å². The Balaban J connectivity index is 1.46. The highest BCUT2D eigenvalue weighted by atomic mass is 32.2. The van der Waals surface area contributed by atoms with Crippen molar-refractivity contribution >= 4 is 44.7 Å². The molecule has 1 fully saturated rings. The monoisotopic (exact) mass is 563 g/mol. The van der Waals surface area contributed by atoms with Crippen molar-refractivity contribution in [2.45, 2.75) is 24.5 Å². The van der Waals surface area contributed by atoms with Gasteiger partial charge in [-0.3, -0.25) is 19.7 Å². The summed E-state index contributed by atoms with van der Waals surface area (Å²) in [6, 6.07) is 9.87. The lowest BCUT2D eigenvalue weighted by molar-refractivity contribution is -0.384. The first kappa shape index (κ1) is 27.3. The van der Waals surface area contributed by atoms with Crippen LogP contribution in [0.15, 0.2) is 47.4 Å². The molecule has 3 aromatic rings. The Kier molecular flexibility index (Phi) is 7.06. The average Bonchev–Trinajstić information content (AvgIpc) is 3.37. The quantitative estimate of drug-likeness (QED) is 0.266. The number of anilines is 1. The number of fused-ring (bicyclic) bond motifs is 1. The van der Waals surface area contributed by atoms with E-state index in [1.165, 1.54) is 42.5 Å². The number of hydrogen-bond donors (Lipinski definition) is 2. The van der Waals surface area contributed by atoms with Crippen molar-refractivity contribution in [2.24, 2.45) is 0 Å². The fourth-order valence-corrected chi connectivity index (χ4v) is 6.48. The van der Waals surface area contributed by atoms with Gasteiger partial charge in [0.2, 0.25) is 0 Å². The molecule has 0 spiro atoms. The maximum Gasteiger partial charge on any atom is 0.269 e. The number of aromatic nitrogens is 1. The highest BCUT2D eigenvalue weighted by molar-refractivity contribution is 7.90. The van der Waals surface area contributed by atoms with Crippen LogP contribution < -0.4 is 5.32 Å². The lowest BCUT2D eigenvalue weighted by Crippen LogP contribution is -2.47. The molecule has 1 saturated heterocycles. The Morgan fingerprint density at radius 1 is 1.10 bits per heavy atom. The molecule has 5 rings (SSSR count). The van der Waals surface area contributed by atoms with Crippen molar-refractivity contribution < 1.29 is 22.9 Å². The van der Waals surface area contributed by atoms with E-state index in [4.69, 9.17) is 0 Å². The van der Waals surface area contributed by atoms with Gasteiger partial charge in [0.15, 0.2) is 9.84 Å². The maximum absolute atomic E-state index is 13.3. The van der Waals surface area contributed by atoms with Gasteiger partial charge in [-0.1, -0.05) is 12.1 Å². The molecule has 2 N–H and O–H groups in total. The van der Waals surface area contributed by atoms with Crippen LogP contribution in [0.3, 0.4) is 0 Å². The minimum absolute atomic E-state index is 0.00882. The molecule has 208 valence electrons. The van der Waals surface area contributed by atoms with Crippen LogP contribution in [0, 0.1) is 24.0 Å². The van der Waals surface area contributed by atoms with Gasteiger partial charge in [0.05, 0.1) is 26.7 Å². The second kappa shape index (κ2) is 10.4. The van der Waals surface area contributed by atoms with Crippen molar-refractivity contribution in [3.05, 3.63) is 86.2 Å². The van der Waals surface area contributed by atoms with Crippen molar-refractivity contribution in [3.8, 4) is 0 Å². The first-order valence-corrected chi connectivity index (χ1v) is 14.4. The molecule has 0 bridgehead atoms. The number of aromatic amines is 1. The SMILES string of the molecule is Cc1[nH]c(C=C2C(=O)Nc3ccc(S(=O)(=O)Cc4cccc([N+](=O)[O-])c4)cc32)c(C)c1C(=O)N1CCN(C)CC1. The van der Waals surface area contributed by atoms with Crippen LogP contribution in [0.2, 0.25) is 0 Å². The van der Waals surface area contributed by atoms with Crippen molar-refractivity contribution in [2.75, 3.05) is 38.5 Å². The summed E-state index contributed by atoms with van der Waals surface area (Å²) in [5.41, 5.74) is 3.83. The number of nitro groups is 1. The summed E-state index contributed by atoms with van der Waals surface area (Å²) < 4.78 is 26.5. The predicted molar refractivity (Wildman–Crippen MR) is 151 cm³/mol. The zero-order chi connectivity index (χ0) is 28.8. The molecular formula is C28H29N5O6S. The number of benzene rings is 2. The fourth-order valence-electron chi connectivity index (χ4n) is 5.12. The Hall–Kier alpha value is -4.29. The number of piperazine rings is 1. The van der Waals surface area contributed by atoms with Crippen LogP contribution in [-0.2, 0) is 20.4 Å². The van der Waals surface area contributed by atoms with Crippen LogP contribution in [0.4, 0.5) is 11.4 Å². The molecule has 40 heavy (non-hydrogen) atoms. The predicted octanol–water partition coefficient (Wildman–Crippen LogP) is 3.39. The van der Waals surface area contributed by atoms with E-state index in [2.05, 4.69) is 15.2 Å². The lowest BCUT2D eigenvalue weighted by Gasteiger charge is -2.32. The lowest BCUT2D eigenvalue weighted by atomic mass is 10.0. The van der Waals surface area contributed by atoms with E-state index in [-0.39, 0.29) is 33.5 Å². The Labute approximate surface area is 231 Å². The number of non-ortho nitro benzene ring substituents is 1. The standard InChI is InChI=1S/C28H29N5O6S/c1-17-25(29-18(2)26(17)28(35)32-11-9-31(3)10-12-32)15-23-22-14-21(7-8-24(22)30-27(23)34)40(38,39)16-19-5-4-6-20(13-19)33(36)37/h4-8,13-15,29H,9-12,16H2,1-3H3,(H,30,34). The minimum Gasteiger partial charge on any atom is -0.358 e. The highest BCUT2D eigenvalue weighted by Crippen LogP contribution is 2.36. The van der Waals surface area contributed by atoms with Crippen molar-refractivity contribution in [1.82, 2.24) is 14.8 Å². The smallest absolute Gasteiger partial charge is 0.269 e. The third-order valence-corrected chi connectivity index (χ3v) is 9.07. The summed E-state index contributed by atoms with van der Waals surface area (Å²) in [4.78, 5) is 44.0. The number of nitrogens with one attached hydrogen (secondary N) is 2. The molecule has 2 aliphatic heterocycles. The third-order valence-electron chi connectivity index (χ3n) is 7.38. The maximum atomic E-state index is 13.3. The van der Waals surface area contributed by atoms with Gasteiger partial charge in [-0.25, -0.2) is 8.42 Å². The Morgan fingerprint density at radius 3 is 2.52 bits per heavy atom. The second-order valence-corrected chi connectivity index (χ2v) is 12.2. The number of sulfone groups is 1.